The van der Waals surface area contributed by atoms with Gasteiger partial charge in [0.15, 0.2) is 0 Å². The standard InChI is InChI=1S/C21H23N5/c1-16-23-20(25(2)13-9-17-7-11-22-12-8-17)15-21(24-16)26-14-10-18-5-3-4-6-19(18)26/h3-8,11-12,15H,9-10,13-14H2,1-2H3. The molecule has 0 N–H and O–H groups in total. The molecule has 0 bridgehead atoms. The molecule has 5 heteroatoms. The van der Waals surface area contributed by atoms with Crippen LogP contribution in [0.25, 0.3) is 0 Å². The maximum absolute atomic E-state index is 4.70. The highest BCUT2D eigenvalue weighted by atomic mass is 15.2. The second-order valence-corrected chi connectivity index (χ2v) is 6.69. The Kier molecular flexibility index (Phi) is 4.52. The number of aryl methyl sites for hydroxylation is 1. The van der Waals surface area contributed by atoms with Crippen molar-refractivity contribution in [2.45, 2.75) is 19.8 Å². The molecule has 5 nitrogen and oxygen atoms in total. The predicted octanol–water partition coefficient (Wildman–Crippen LogP) is 3.55. The molecule has 0 fully saturated rings. The van der Waals surface area contributed by atoms with Crippen LogP contribution in [0.3, 0.4) is 0 Å². The van der Waals surface area contributed by atoms with Gasteiger partial charge in [-0.25, -0.2) is 9.97 Å². The van der Waals surface area contributed by atoms with Crippen molar-refractivity contribution in [2.75, 3.05) is 29.9 Å². The van der Waals surface area contributed by atoms with E-state index in [1.807, 2.05) is 19.3 Å². The molecule has 0 saturated carbocycles. The van der Waals surface area contributed by atoms with Crippen LogP contribution in [0.2, 0.25) is 0 Å². The minimum atomic E-state index is 0.803. The van der Waals surface area contributed by atoms with Gasteiger partial charge in [-0.15, -0.1) is 0 Å². The lowest BCUT2D eigenvalue weighted by Gasteiger charge is -2.23. The average molecular weight is 345 g/mol. The smallest absolute Gasteiger partial charge is 0.138 e. The number of fused-ring (bicyclic) bond motifs is 1. The number of aromatic nitrogens is 3. The lowest BCUT2D eigenvalue weighted by molar-refractivity contribution is 0.843. The van der Waals surface area contributed by atoms with Crippen molar-refractivity contribution in [2.24, 2.45) is 0 Å². The van der Waals surface area contributed by atoms with E-state index in [4.69, 9.17) is 4.98 Å². The van der Waals surface area contributed by atoms with Gasteiger partial charge in [-0.1, -0.05) is 18.2 Å². The number of pyridine rings is 1. The number of rotatable bonds is 5. The Morgan fingerprint density at radius 3 is 2.73 bits per heavy atom. The first-order valence-electron chi connectivity index (χ1n) is 9.02. The van der Waals surface area contributed by atoms with Gasteiger partial charge in [0.05, 0.1) is 0 Å². The van der Waals surface area contributed by atoms with Crippen molar-refractivity contribution < 1.29 is 0 Å². The summed E-state index contributed by atoms with van der Waals surface area (Å²) in [6.07, 6.45) is 5.70. The average Bonchev–Trinajstić information content (AvgIpc) is 3.10. The zero-order valence-corrected chi connectivity index (χ0v) is 15.3. The van der Waals surface area contributed by atoms with Gasteiger partial charge in [0, 0.05) is 44.3 Å². The molecule has 0 aliphatic carbocycles. The van der Waals surface area contributed by atoms with E-state index in [-0.39, 0.29) is 0 Å². The molecule has 1 aliphatic rings. The predicted molar refractivity (Wildman–Crippen MR) is 105 cm³/mol. The van der Waals surface area contributed by atoms with E-state index in [9.17, 15) is 0 Å². The van der Waals surface area contributed by atoms with E-state index < -0.39 is 0 Å². The van der Waals surface area contributed by atoms with Crippen LogP contribution in [0.15, 0.2) is 54.9 Å². The molecule has 3 heterocycles. The Morgan fingerprint density at radius 1 is 1.08 bits per heavy atom. The van der Waals surface area contributed by atoms with Gasteiger partial charge in [-0.2, -0.15) is 0 Å². The summed E-state index contributed by atoms with van der Waals surface area (Å²) >= 11 is 0. The number of hydrogen-bond donors (Lipinski definition) is 0. The van der Waals surface area contributed by atoms with Gasteiger partial charge in [0.1, 0.15) is 17.5 Å². The van der Waals surface area contributed by atoms with E-state index in [0.717, 1.165) is 43.4 Å². The number of likely N-dealkylation sites (N-methyl/N-ethyl adjacent to an activating group) is 1. The molecule has 3 aromatic rings. The van der Waals surface area contributed by atoms with Crippen LogP contribution in [0, 0.1) is 6.92 Å². The Labute approximate surface area is 154 Å². The summed E-state index contributed by atoms with van der Waals surface area (Å²) in [5.41, 5.74) is 3.93. The van der Waals surface area contributed by atoms with Crippen LogP contribution in [-0.2, 0) is 12.8 Å². The van der Waals surface area contributed by atoms with Crippen molar-refractivity contribution in [3.8, 4) is 0 Å². The van der Waals surface area contributed by atoms with Crippen molar-refractivity contribution in [1.29, 1.82) is 0 Å². The largest absolute Gasteiger partial charge is 0.359 e. The van der Waals surface area contributed by atoms with Gasteiger partial charge < -0.3 is 9.80 Å². The Morgan fingerprint density at radius 2 is 1.88 bits per heavy atom. The fourth-order valence-electron chi connectivity index (χ4n) is 3.41. The summed E-state index contributed by atoms with van der Waals surface area (Å²) in [4.78, 5) is 17.9. The lowest BCUT2D eigenvalue weighted by Crippen LogP contribution is -2.23. The third kappa shape index (κ3) is 3.38. The first-order chi connectivity index (χ1) is 12.7. The Bertz CT molecular complexity index is 894. The normalized spacial score (nSPS) is 12.9. The molecule has 0 radical (unpaired) electrons. The van der Waals surface area contributed by atoms with Crippen molar-refractivity contribution in [3.05, 3.63) is 71.8 Å². The second kappa shape index (κ2) is 7.12. The van der Waals surface area contributed by atoms with E-state index in [1.54, 1.807) is 0 Å². The molecule has 0 spiro atoms. The van der Waals surface area contributed by atoms with Crippen molar-refractivity contribution in [1.82, 2.24) is 15.0 Å². The lowest BCUT2D eigenvalue weighted by atomic mass is 10.2. The van der Waals surface area contributed by atoms with Crippen LogP contribution < -0.4 is 9.80 Å². The summed E-state index contributed by atoms with van der Waals surface area (Å²) < 4.78 is 0. The Balaban J connectivity index is 1.55. The number of benzene rings is 1. The van der Waals surface area contributed by atoms with Crippen LogP contribution in [0.4, 0.5) is 17.3 Å². The minimum absolute atomic E-state index is 0.803. The van der Waals surface area contributed by atoms with Crippen LogP contribution >= 0.6 is 0 Å². The molecule has 4 rings (SSSR count). The van der Waals surface area contributed by atoms with Gasteiger partial charge >= 0.3 is 0 Å². The zero-order valence-electron chi connectivity index (χ0n) is 15.3. The van der Waals surface area contributed by atoms with Crippen LogP contribution in [0.1, 0.15) is 17.0 Å². The quantitative estimate of drug-likeness (QED) is 0.707. The fraction of sp³-hybridized carbons (Fsp3) is 0.286. The SMILES string of the molecule is Cc1nc(N(C)CCc2ccncc2)cc(N2CCc3ccccc32)n1. The van der Waals surface area contributed by atoms with Crippen LogP contribution in [-0.4, -0.2) is 35.1 Å². The summed E-state index contributed by atoms with van der Waals surface area (Å²) in [5.74, 6) is 2.75. The van der Waals surface area contributed by atoms with Gasteiger partial charge in [0.25, 0.3) is 0 Å². The molecule has 1 aromatic carbocycles. The van der Waals surface area contributed by atoms with Gasteiger partial charge in [0.2, 0.25) is 0 Å². The topological polar surface area (TPSA) is 45.2 Å². The molecule has 0 saturated heterocycles. The highest BCUT2D eigenvalue weighted by molar-refractivity contribution is 5.69. The molecule has 0 unspecified atom stereocenters. The summed E-state index contributed by atoms with van der Waals surface area (Å²) in [7, 11) is 2.09. The number of para-hydroxylation sites is 1. The summed E-state index contributed by atoms with van der Waals surface area (Å²) in [6, 6.07) is 14.8. The zero-order chi connectivity index (χ0) is 17.9. The third-order valence-corrected chi connectivity index (χ3v) is 4.85. The van der Waals surface area contributed by atoms with E-state index in [1.165, 1.54) is 16.8 Å². The van der Waals surface area contributed by atoms with E-state index in [0.29, 0.717) is 0 Å². The first-order valence-corrected chi connectivity index (χ1v) is 9.02. The van der Waals surface area contributed by atoms with Crippen LogP contribution in [0.5, 0.6) is 0 Å². The summed E-state index contributed by atoms with van der Waals surface area (Å²) in [5, 5.41) is 0. The maximum Gasteiger partial charge on any atom is 0.138 e. The van der Waals surface area contributed by atoms with Gasteiger partial charge in [-0.05, 0) is 49.1 Å². The molecule has 132 valence electrons. The molecule has 0 amide bonds. The molecular formula is C21H23N5. The number of nitrogens with zero attached hydrogens (tertiary/aromatic N) is 5. The van der Waals surface area contributed by atoms with Crippen molar-refractivity contribution in [3.63, 3.8) is 0 Å². The maximum atomic E-state index is 4.70. The van der Waals surface area contributed by atoms with Crippen molar-refractivity contribution >= 4 is 17.3 Å². The third-order valence-electron chi connectivity index (χ3n) is 4.85. The highest BCUT2D eigenvalue weighted by Gasteiger charge is 2.22. The molecule has 0 atom stereocenters. The number of anilines is 3. The fourth-order valence-corrected chi connectivity index (χ4v) is 3.41. The monoisotopic (exact) mass is 345 g/mol. The highest BCUT2D eigenvalue weighted by Crippen LogP contribution is 2.34. The minimum Gasteiger partial charge on any atom is -0.359 e. The molecule has 2 aromatic heterocycles. The first kappa shape index (κ1) is 16.5. The summed E-state index contributed by atoms with van der Waals surface area (Å²) in [6.45, 7) is 3.83. The Hall–Kier alpha value is -2.95. The molecular weight excluding hydrogens is 322 g/mol. The second-order valence-electron chi connectivity index (χ2n) is 6.69. The van der Waals surface area contributed by atoms with E-state index in [2.05, 4.69) is 69.3 Å². The van der Waals surface area contributed by atoms with Gasteiger partial charge in [-0.3, -0.25) is 4.98 Å². The number of hydrogen-bond acceptors (Lipinski definition) is 5. The molecule has 1 aliphatic heterocycles. The molecule has 26 heavy (non-hydrogen) atoms. The van der Waals surface area contributed by atoms with E-state index >= 15 is 0 Å².